The van der Waals surface area contributed by atoms with Crippen LogP contribution in [0.4, 0.5) is 0 Å². The third-order valence-electron chi connectivity index (χ3n) is 3.07. The summed E-state index contributed by atoms with van der Waals surface area (Å²) in [5.74, 6) is 0.551. The molecule has 0 aromatic heterocycles. The van der Waals surface area contributed by atoms with Crippen LogP contribution in [-0.2, 0) is 9.47 Å². The first-order valence-electron chi connectivity index (χ1n) is 5.69. The molecule has 0 amide bonds. The Balaban J connectivity index is 2.12. The maximum Gasteiger partial charge on any atom is 0.0623 e. The molecule has 1 fully saturated rings. The molecule has 2 N–H and O–H groups in total. The van der Waals surface area contributed by atoms with E-state index in [0.717, 1.165) is 32.5 Å². The Morgan fingerprint density at radius 1 is 1.43 bits per heavy atom. The molecule has 1 saturated heterocycles. The zero-order valence-corrected chi connectivity index (χ0v) is 9.37. The second-order valence-electron chi connectivity index (χ2n) is 4.19. The second kappa shape index (κ2) is 6.38. The topological polar surface area (TPSA) is 44.5 Å². The van der Waals surface area contributed by atoms with Gasteiger partial charge in [0.25, 0.3) is 0 Å². The van der Waals surface area contributed by atoms with Crippen molar-refractivity contribution in [2.45, 2.75) is 45.3 Å². The monoisotopic (exact) mass is 201 g/mol. The molecular formula is C11H23NO2. The van der Waals surface area contributed by atoms with Gasteiger partial charge in [0.05, 0.1) is 12.7 Å². The molecule has 1 aliphatic rings. The van der Waals surface area contributed by atoms with E-state index in [1.807, 2.05) is 0 Å². The highest BCUT2D eigenvalue weighted by Crippen LogP contribution is 2.12. The lowest BCUT2D eigenvalue weighted by Crippen LogP contribution is -2.36. The highest BCUT2D eigenvalue weighted by Gasteiger charge is 2.17. The summed E-state index contributed by atoms with van der Waals surface area (Å²) in [5, 5.41) is 0. The van der Waals surface area contributed by atoms with Gasteiger partial charge in [-0.15, -0.1) is 0 Å². The van der Waals surface area contributed by atoms with Crippen LogP contribution in [-0.4, -0.2) is 32.0 Å². The molecule has 0 radical (unpaired) electrons. The Morgan fingerprint density at radius 2 is 2.07 bits per heavy atom. The quantitative estimate of drug-likeness (QED) is 0.734. The maximum atomic E-state index is 5.99. The molecule has 14 heavy (non-hydrogen) atoms. The summed E-state index contributed by atoms with van der Waals surface area (Å²) < 4.78 is 11.0. The lowest BCUT2D eigenvalue weighted by atomic mass is 10.0. The van der Waals surface area contributed by atoms with E-state index < -0.39 is 0 Å². The van der Waals surface area contributed by atoms with Crippen LogP contribution < -0.4 is 5.73 Å². The van der Waals surface area contributed by atoms with Crippen molar-refractivity contribution in [2.75, 3.05) is 19.8 Å². The lowest BCUT2D eigenvalue weighted by Gasteiger charge is -2.25. The first-order chi connectivity index (χ1) is 6.74. The van der Waals surface area contributed by atoms with Crippen molar-refractivity contribution in [3.05, 3.63) is 0 Å². The third-order valence-corrected chi connectivity index (χ3v) is 3.07. The van der Waals surface area contributed by atoms with Crippen molar-refractivity contribution in [2.24, 2.45) is 11.7 Å². The summed E-state index contributed by atoms with van der Waals surface area (Å²) in [4.78, 5) is 0. The van der Waals surface area contributed by atoms with Gasteiger partial charge in [0, 0.05) is 19.3 Å². The molecule has 1 heterocycles. The number of hydrogen-bond acceptors (Lipinski definition) is 3. The van der Waals surface area contributed by atoms with E-state index in [1.165, 1.54) is 0 Å². The van der Waals surface area contributed by atoms with Crippen molar-refractivity contribution >= 4 is 0 Å². The molecule has 0 aromatic rings. The minimum Gasteiger partial charge on any atom is -0.381 e. The Bertz CT molecular complexity index is 144. The predicted octanol–water partition coefficient (Wildman–Crippen LogP) is 1.56. The smallest absolute Gasteiger partial charge is 0.0623 e. The van der Waals surface area contributed by atoms with Gasteiger partial charge in [0.15, 0.2) is 0 Å². The zero-order valence-electron chi connectivity index (χ0n) is 9.37. The summed E-state index contributed by atoms with van der Waals surface area (Å²) in [6.45, 7) is 6.71. The molecule has 1 aliphatic heterocycles. The van der Waals surface area contributed by atoms with E-state index in [2.05, 4.69) is 13.8 Å². The van der Waals surface area contributed by atoms with Gasteiger partial charge in [-0.1, -0.05) is 20.3 Å². The fraction of sp³-hybridized carbons (Fsp3) is 1.00. The molecule has 0 spiro atoms. The Kier molecular flexibility index (Phi) is 5.45. The zero-order chi connectivity index (χ0) is 10.4. The Morgan fingerprint density at radius 3 is 2.64 bits per heavy atom. The van der Waals surface area contributed by atoms with Crippen molar-refractivity contribution in [3.8, 4) is 0 Å². The van der Waals surface area contributed by atoms with Gasteiger partial charge in [-0.3, -0.25) is 0 Å². The molecule has 2 atom stereocenters. The number of ether oxygens (including phenoxy) is 2. The standard InChI is InChI=1S/C11H23NO2/c1-3-9(2)11(12)8-14-10-4-6-13-7-5-10/h9-11H,3-8,12H2,1-2H3. The van der Waals surface area contributed by atoms with Crippen LogP contribution in [0.25, 0.3) is 0 Å². The van der Waals surface area contributed by atoms with Crippen LogP contribution in [0.1, 0.15) is 33.1 Å². The van der Waals surface area contributed by atoms with E-state index in [-0.39, 0.29) is 6.04 Å². The number of rotatable bonds is 5. The van der Waals surface area contributed by atoms with Gasteiger partial charge in [-0.05, 0) is 18.8 Å². The Hall–Kier alpha value is -0.120. The molecule has 0 aliphatic carbocycles. The van der Waals surface area contributed by atoms with Gasteiger partial charge in [-0.2, -0.15) is 0 Å². The molecule has 0 bridgehead atoms. The van der Waals surface area contributed by atoms with Gasteiger partial charge in [0.1, 0.15) is 0 Å². The molecule has 3 heteroatoms. The van der Waals surface area contributed by atoms with Crippen LogP contribution in [0.5, 0.6) is 0 Å². The molecule has 0 saturated carbocycles. The minimum absolute atomic E-state index is 0.183. The molecule has 2 unspecified atom stereocenters. The largest absolute Gasteiger partial charge is 0.381 e. The van der Waals surface area contributed by atoms with Gasteiger partial charge >= 0.3 is 0 Å². The molecule has 84 valence electrons. The molecule has 3 nitrogen and oxygen atoms in total. The van der Waals surface area contributed by atoms with E-state index >= 15 is 0 Å². The highest BCUT2D eigenvalue weighted by molar-refractivity contribution is 4.69. The first kappa shape index (κ1) is 12.0. The number of hydrogen-bond donors (Lipinski definition) is 1. The van der Waals surface area contributed by atoms with Crippen LogP contribution >= 0.6 is 0 Å². The van der Waals surface area contributed by atoms with Crippen LogP contribution in [0.15, 0.2) is 0 Å². The predicted molar refractivity (Wildman–Crippen MR) is 57.2 cm³/mol. The van der Waals surface area contributed by atoms with Crippen molar-refractivity contribution in [1.29, 1.82) is 0 Å². The normalized spacial score (nSPS) is 23.4. The van der Waals surface area contributed by atoms with Crippen LogP contribution in [0, 0.1) is 5.92 Å². The van der Waals surface area contributed by atoms with E-state index in [0.29, 0.717) is 18.6 Å². The molecule has 0 aromatic carbocycles. The van der Waals surface area contributed by atoms with E-state index in [9.17, 15) is 0 Å². The summed E-state index contributed by atoms with van der Waals surface area (Å²) in [6, 6.07) is 0.183. The van der Waals surface area contributed by atoms with Crippen molar-refractivity contribution in [1.82, 2.24) is 0 Å². The first-order valence-corrected chi connectivity index (χ1v) is 5.69. The van der Waals surface area contributed by atoms with Crippen molar-refractivity contribution < 1.29 is 9.47 Å². The van der Waals surface area contributed by atoms with Gasteiger partial charge in [0.2, 0.25) is 0 Å². The van der Waals surface area contributed by atoms with E-state index in [1.54, 1.807) is 0 Å². The van der Waals surface area contributed by atoms with Crippen LogP contribution in [0.2, 0.25) is 0 Å². The summed E-state index contributed by atoms with van der Waals surface area (Å²) >= 11 is 0. The minimum atomic E-state index is 0.183. The van der Waals surface area contributed by atoms with Crippen molar-refractivity contribution in [3.63, 3.8) is 0 Å². The molecular weight excluding hydrogens is 178 g/mol. The second-order valence-corrected chi connectivity index (χ2v) is 4.19. The number of nitrogens with two attached hydrogens (primary N) is 1. The maximum absolute atomic E-state index is 5.99. The summed E-state index contributed by atoms with van der Waals surface area (Å²) in [6.07, 6.45) is 3.54. The summed E-state index contributed by atoms with van der Waals surface area (Å²) in [5.41, 5.74) is 5.99. The molecule has 1 rings (SSSR count). The Labute approximate surface area is 86.9 Å². The van der Waals surface area contributed by atoms with Crippen LogP contribution in [0.3, 0.4) is 0 Å². The van der Waals surface area contributed by atoms with Gasteiger partial charge < -0.3 is 15.2 Å². The fourth-order valence-electron chi connectivity index (χ4n) is 1.56. The SMILES string of the molecule is CCC(C)C(N)COC1CCOCC1. The average molecular weight is 201 g/mol. The highest BCUT2D eigenvalue weighted by atomic mass is 16.5. The third kappa shape index (κ3) is 3.95. The lowest BCUT2D eigenvalue weighted by molar-refractivity contribution is -0.0388. The average Bonchev–Trinajstić information content (AvgIpc) is 2.26. The van der Waals surface area contributed by atoms with Gasteiger partial charge in [-0.25, -0.2) is 0 Å². The summed E-state index contributed by atoms with van der Waals surface area (Å²) in [7, 11) is 0. The fourth-order valence-corrected chi connectivity index (χ4v) is 1.56. The van der Waals surface area contributed by atoms with E-state index in [4.69, 9.17) is 15.2 Å².